The third-order valence-electron chi connectivity index (χ3n) is 3.34. The van der Waals surface area contributed by atoms with E-state index in [1.54, 1.807) is 0 Å². The van der Waals surface area contributed by atoms with Crippen molar-refractivity contribution in [2.45, 2.75) is 26.8 Å². The maximum absolute atomic E-state index is 3.39. The van der Waals surface area contributed by atoms with E-state index >= 15 is 0 Å². The molecule has 1 saturated heterocycles. The molecule has 0 aliphatic carbocycles. The van der Waals surface area contributed by atoms with Crippen molar-refractivity contribution in [1.29, 1.82) is 0 Å². The van der Waals surface area contributed by atoms with Crippen LogP contribution in [0, 0.1) is 13.8 Å². The number of hydrogen-bond acceptors (Lipinski definition) is 2. The third-order valence-corrected chi connectivity index (χ3v) is 3.34. The van der Waals surface area contributed by atoms with Crippen molar-refractivity contribution in [2.75, 3.05) is 26.2 Å². The van der Waals surface area contributed by atoms with Crippen LogP contribution in [0.4, 0.5) is 0 Å². The predicted octanol–water partition coefficient (Wildman–Crippen LogP) is 1.60. The van der Waals surface area contributed by atoms with Crippen LogP contribution in [-0.4, -0.2) is 36.1 Å². The van der Waals surface area contributed by atoms with Crippen LogP contribution < -0.4 is 5.32 Å². The average Bonchev–Trinajstić information content (AvgIpc) is 2.58. The van der Waals surface area contributed by atoms with Gasteiger partial charge in [0.2, 0.25) is 0 Å². The minimum atomic E-state index is 0.539. The van der Waals surface area contributed by atoms with Gasteiger partial charge in [0.15, 0.2) is 0 Å². The molecule has 0 spiro atoms. The Morgan fingerprint density at radius 1 is 1.27 bits per heavy atom. The lowest BCUT2D eigenvalue weighted by Gasteiger charge is -2.32. The summed E-state index contributed by atoms with van der Waals surface area (Å²) in [5.74, 6) is 0. The summed E-state index contributed by atoms with van der Waals surface area (Å²) in [6, 6.07) is 2.82. The van der Waals surface area contributed by atoms with Crippen LogP contribution in [0.2, 0.25) is 0 Å². The highest BCUT2D eigenvalue weighted by atomic mass is 15.2. The predicted molar refractivity (Wildman–Crippen MR) is 63.1 cm³/mol. The molecule has 1 aromatic rings. The van der Waals surface area contributed by atoms with E-state index < -0.39 is 0 Å². The molecule has 2 rings (SSSR count). The highest BCUT2D eigenvalue weighted by Crippen LogP contribution is 2.24. The Morgan fingerprint density at radius 3 is 2.47 bits per heavy atom. The summed E-state index contributed by atoms with van der Waals surface area (Å²) in [6.45, 7) is 11.2. The molecule has 15 heavy (non-hydrogen) atoms. The zero-order chi connectivity index (χ0) is 10.8. The van der Waals surface area contributed by atoms with Gasteiger partial charge in [0.1, 0.15) is 0 Å². The second-order valence-electron chi connectivity index (χ2n) is 4.49. The van der Waals surface area contributed by atoms with Crippen molar-refractivity contribution in [1.82, 2.24) is 15.2 Å². The lowest BCUT2D eigenvalue weighted by Crippen LogP contribution is -2.44. The molecule has 1 fully saturated rings. The Balaban J connectivity index is 2.12. The van der Waals surface area contributed by atoms with Crippen LogP contribution in [0.1, 0.15) is 29.9 Å². The first-order valence-corrected chi connectivity index (χ1v) is 5.79. The third kappa shape index (κ3) is 2.24. The van der Waals surface area contributed by atoms with Gasteiger partial charge in [-0.05, 0) is 32.4 Å². The number of aryl methyl sites for hydroxylation is 2. The van der Waals surface area contributed by atoms with E-state index in [2.05, 4.69) is 42.0 Å². The summed E-state index contributed by atoms with van der Waals surface area (Å²) in [5.41, 5.74) is 4.04. The quantitative estimate of drug-likeness (QED) is 0.772. The lowest BCUT2D eigenvalue weighted by atomic mass is 10.1. The molecule has 1 aliphatic rings. The zero-order valence-corrected chi connectivity index (χ0v) is 9.93. The molecular weight excluding hydrogens is 186 g/mol. The van der Waals surface area contributed by atoms with Gasteiger partial charge in [0.25, 0.3) is 0 Å². The van der Waals surface area contributed by atoms with Crippen LogP contribution in [0.15, 0.2) is 6.07 Å². The van der Waals surface area contributed by atoms with E-state index in [1.807, 2.05) is 0 Å². The molecule has 1 aromatic heterocycles. The highest BCUT2D eigenvalue weighted by molar-refractivity contribution is 5.27. The fourth-order valence-electron chi connectivity index (χ4n) is 2.45. The SMILES string of the molecule is Cc1cc(C(C)N2CCNCC2)c(C)[nH]1. The van der Waals surface area contributed by atoms with Gasteiger partial charge in [-0.3, -0.25) is 4.90 Å². The summed E-state index contributed by atoms with van der Waals surface area (Å²) in [7, 11) is 0. The molecule has 0 aromatic carbocycles. The molecule has 1 unspecified atom stereocenters. The smallest absolute Gasteiger partial charge is 0.0338 e. The molecule has 0 radical (unpaired) electrons. The molecule has 0 saturated carbocycles. The summed E-state index contributed by atoms with van der Waals surface area (Å²) in [6.07, 6.45) is 0. The van der Waals surface area contributed by atoms with Crippen LogP contribution in [0.5, 0.6) is 0 Å². The van der Waals surface area contributed by atoms with Gasteiger partial charge in [-0.15, -0.1) is 0 Å². The fourth-order valence-corrected chi connectivity index (χ4v) is 2.45. The van der Waals surface area contributed by atoms with Gasteiger partial charge in [0.05, 0.1) is 0 Å². The Morgan fingerprint density at radius 2 is 1.93 bits per heavy atom. The lowest BCUT2D eigenvalue weighted by molar-refractivity contribution is 0.185. The largest absolute Gasteiger partial charge is 0.362 e. The van der Waals surface area contributed by atoms with Gasteiger partial charge in [-0.25, -0.2) is 0 Å². The van der Waals surface area contributed by atoms with Crippen molar-refractivity contribution in [3.05, 3.63) is 23.0 Å². The van der Waals surface area contributed by atoms with Crippen LogP contribution >= 0.6 is 0 Å². The standard InChI is InChI=1S/C12H21N3/c1-9-8-12(10(2)14-9)11(3)15-6-4-13-5-7-15/h8,11,13-14H,4-7H2,1-3H3. The molecule has 1 atom stereocenters. The number of aromatic nitrogens is 1. The van der Waals surface area contributed by atoms with Crippen molar-refractivity contribution in [3.63, 3.8) is 0 Å². The van der Waals surface area contributed by atoms with Gasteiger partial charge in [-0.2, -0.15) is 0 Å². The van der Waals surface area contributed by atoms with Gasteiger partial charge >= 0.3 is 0 Å². The van der Waals surface area contributed by atoms with E-state index in [0.29, 0.717) is 6.04 Å². The summed E-state index contributed by atoms with van der Waals surface area (Å²) >= 11 is 0. The molecule has 0 bridgehead atoms. The Kier molecular flexibility index (Phi) is 3.12. The van der Waals surface area contributed by atoms with Crippen molar-refractivity contribution in [3.8, 4) is 0 Å². The van der Waals surface area contributed by atoms with E-state index in [9.17, 15) is 0 Å². The zero-order valence-electron chi connectivity index (χ0n) is 9.93. The number of H-pyrrole nitrogens is 1. The van der Waals surface area contributed by atoms with E-state index in [-0.39, 0.29) is 0 Å². The highest BCUT2D eigenvalue weighted by Gasteiger charge is 2.19. The number of aromatic amines is 1. The average molecular weight is 207 g/mol. The molecule has 2 heterocycles. The number of rotatable bonds is 2. The molecule has 84 valence electrons. The summed E-state index contributed by atoms with van der Waals surface area (Å²) in [5, 5.41) is 3.39. The minimum Gasteiger partial charge on any atom is -0.362 e. The number of nitrogens with zero attached hydrogens (tertiary/aromatic N) is 1. The van der Waals surface area contributed by atoms with E-state index in [4.69, 9.17) is 0 Å². The van der Waals surface area contributed by atoms with E-state index in [0.717, 1.165) is 26.2 Å². The second-order valence-corrected chi connectivity index (χ2v) is 4.49. The van der Waals surface area contributed by atoms with Gasteiger partial charge in [-0.1, -0.05) is 0 Å². The minimum absolute atomic E-state index is 0.539. The van der Waals surface area contributed by atoms with Crippen molar-refractivity contribution < 1.29 is 0 Å². The maximum atomic E-state index is 3.39. The normalized spacial score (nSPS) is 20.5. The molecule has 2 N–H and O–H groups in total. The Hall–Kier alpha value is -0.800. The number of hydrogen-bond donors (Lipinski definition) is 2. The first-order valence-electron chi connectivity index (χ1n) is 5.79. The van der Waals surface area contributed by atoms with Gasteiger partial charge < -0.3 is 10.3 Å². The van der Waals surface area contributed by atoms with Crippen molar-refractivity contribution in [2.24, 2.45) is 0 Å². The first-order chi connectivity index (χ1) is 7.18. The fraction of sp³-hybridized carbons (Fsp3) is 0.667. The summed E-state index contributed by atoms with van der Waals surface area (Å²) in [4.78, 5) is 5.93. The number of nitrogens with one attached hydrogen (secondary N) is 2. The van der Waals surface area contributed by atoms with Gasteiger partial charge in [0, 0.05) is 43.6 Å². The van der Waals surface area contributed by atoms with Crippen LogP contribution in [0.25, 0.3) is 0 Å². The van der Waals surface area contributed by atoms with Crippen LogP contribution in [0.3, 0.4) is 0 Å². The second kappa shape index (κ2) is 4.37. The van der Waals surface area contributed by atoms with Crippen molar-refractivity contribution >= 4 is 0 Å². The molecule has 1 aliphatic heterocycles. The monoisotopic (exact) mass is 207 g/mol. The molecule has 0 amide bonds. The van der Waals surface area contributed by atoms with E-state index in [1.165, 1.54) is 17.0 Å². The van der Waals surface area contributed by atoms with Crippen LogP contribution in [-0.2, 0) is 0 Å². The maximum Gasteiger partial charge on any atom is 0.0338 e. The topological polar surface area (TPSA) is 31.1 Å². The summed E-state index contributed by atoms with van der Waals surface area (Å²) < 4.78 is 0. The molecule has 3 heteroatoms. The number of piperazine rings is 1. The Bertz CT molecular complexity index is 324. The molecular formula is C12H21N3. The Labute approximate surface area is 91.9 Å². The molecule has 3 nitrogen and oxygen atoms in total. The first kappa shape index (κ1) is 10.7.